The number of hydrogen-bond acceptors (Lipinski definition) is 5. The molecule has 0 aliphatic rings. The van der Waals surface area contributed by atoms with Crippen LogP contribution in [0.25, 0.3) is 0 Å². The van der Waals surface area contributed by atoms with E-state index in [0.717, 1.165) is 24.4 Å². The van der Waals surface area contributed by atoms with Crippen LogP contribution in [-0.4, -0.2) is 38.1 Å². The van der Waals surface area contributed by atoms with Crippen LogP contribution in [0.2, 0.25) is 0 Å². The zero-order valence-corrected chi connectivity index (χ0v) is 12.9. The van der Waals surface area contributed by atoms with Crippen molar-refractivity contribution in [3.8, 4) is 5.75 Å². The predicted molar refractivity (Wildman–Crippen MR) is 78.9 cm³/mol. The summed E-state index contributed by atoms with van der Waals surface area (Å²) in [5, 5.41) is 3.44. The van der Waals surface area contributed by atoms with Gasteiger partial charge in [-0.05, 0) is 38.9 Å². The molecule has 1 unspecified atom stereocenters. The molecule has 0 saturated carbocycles. The van der Waals surface area contributed by atoms with Crippen LogP contribution in [0, 0.1) is 0 Å². The van der Waals surface area contributed by atoms with Gasteiger partial charge in [0.05, 0.1) is 7.11 Å². The summed E-state index contributed by atoms with van der Waals surface area (Å²) in [5.74, 6) is 0.741. The van der Waals surface area contributed by atoms with Crippen LogP contribution in [0.5, 0.6) is 5.75 Å². The van der Waals surface area contributed by atoms with Gasteiger partial charge in [-0.2, -0.15) is 0 Å². The van der Waals surface area contributed by atoms with Crippen molar-refractivity contribution in [1.82, 2.24) is 10.3 Å². The molecular weight excluding hydrogens is 256 g/mol. The van der Waals surface area contributed by atoms with Crippen molar-refractivity contribution in [2.75, 3.05) is 26.9 Å². The minimum atomic E-state index is -0.375. The highest BCUT2D eigenvalue weighted by molar-refractivity contribution is 5.30. The highest BCUT2D eigenvalue weighted by Gasteiger charge is 2.27. The molecule has 5 heteroatoms. The number of hydrogen-bond donors (Lipinski definition) is 1. The third kappa shape index (κ3) is 4.74. The Kier molecular flexibility index (Phi) is 8.18. The maximum Gasteiger partial charge on any atom is 0.178 e. The predicted octanol–water partition coefficient (Wildman–Crippen LogP) is 2.53. The van der Waals surface area contributed by atoms with E-state index >= 15 is 0 Å². The van der Waals surface area contributed by atoms with Crippen LogP contribution in [-0.2, 0) is 9.47 Å². The molecule has 0 saturated heterocycles. The monoisotopic (exact) mass is 282 g/mol. The van der Waals surface area contributed by atoms with Gasteiger partial charge in [-0.25, -0.2) is 0 Å². The van der Waals surface area contributed by atoms with E-state index in [1.807, 2.05) is 26.0 Å². The van der Waals surface area contributed by atoms with Crippen LogP contribution in [0.3, 0.4) is 0 Å². The van der Waals surface area contributed by atoms with E-state index in [2.05, 4.69) is 17.2 Å². The summed E-state index contributed by atoms with van der Waals surface area (Å²) >= 11 is 0. The highest BCUT2D eigenvalue weighted by Crippen LogP contribution is 2.27. The minimum absolute atomic E-state index is 0.147. The summed E-state index contributed by atoms with van der Waals surface area (Å²) in [5.41, 5.74) is 0.815. The lowest BCUT2D eigenvalue weighted by Crippen LogP contribution is -2.37. The molecule has 5 nitrogen and oxygen atoms in total. The number of methoxy groups -OCH3 is 1. The van der Waals surface area contributed by atoms with Crippen LogP contribution >= 0.6 is 0 Å². The van der Waals surface area contributed by atoms with Crippen molar-refractivity contribution in [2.24, 2.45) is 0 Å². The highest BCUT2D eigenvalue weighted by atomic mass is 16.7. The first-order chi connectivity index (χ1) is 9.78. The van der Waals surface area contributed by atoms with E-state index in [1.165, 1.54) is 0 Å². The van der Waals surface area contributed by atoms with Gasteiger partial charge in [-0.15, -0.1) is 0 Å². The van der Waals surface area contributed by atoms with Gasteiger partial charge in [-0.1, -0.05) is 6.92 Å². The molecule has 1 aromatic heterocycles. The van der Waals surface area contributed by atoms with Gasteiger partial charge in [0.15, 0.2) is 6.29 Å². The molecule has 0 fully saturated rings. The SMILES string of the molecule is CCCNC(c1ncccc1OC)C(OCC)OCC. The second-order valence-corrected chi connectivity index (χ2v) is 4.30. The van der Waals surface area contributed by atoms with E-state index in [-0.39, 0.29) is 12.3 Å². The Morgan fingerprint density at radius 3 is 2.45 bits per heavy atom. The lowest BCUT2D eigenvalue weighted by molar-refractivity contribution is -0.156. The lowest BCUT2D eigenvalue weighted by Gasteiger charge is -2.28. The minimum Gasteiger partial charge on any atom is -0.495 e. The van der Waals surface area contributed by atoms with Gasteiger partial charge in [0, 0.05) is 19.4 Å². The van der Waals surface area contributed by atoms with E-state index in [1.54, 1.807) is 13.3 Å². The Balaban J connectivity index is 3.01. The summed E-state index contributed by atoms with van der Waals surface area (Å²) in [6, 6.07) is 3.61. The average molecular weight is 282 g/mol. The third-order valence-corrected chi connectivity index (χ3v) is 2.86. The molecule has 0 aromatic carbocycles. The van der Waals surface area contributed by atoms with Crippen molar-refractivity contribution in [2.45, 2.75) is 39.5 Å². The van der Waals surface area contributed by atoms with Crippen LogP contribution < -0.4 is 10.1 Å². The van der Waals surface area contributed by atoms with Crippen molar-refractivity contribution >= 4 is 0 Å². The number of pyridine rings is 1. The van der Waals surface area contributed by atoms with Crippen molar-refractivity contribution in [1.29, 1.82) is 0 Å². The van der Waals surface area contributed by atoms with Gasteiger partial charge in [-0.3, -0.25) is 4.98 Å². The van der Waals surface area contributed by atoms with Gasteiger partial charge in [0.25, 0.3) is 0 Å². The lowest BCUT2D eigenvalue weighted by atomic mass is 10.1. The molecule has 0 amide bonds. The summed E-state index contributed by atoms with van der Waals surface area (Å²) < 4.78 is 16.8. The van der Waals surface area contributed by atoms with Gasteiger partial charge < -0.3 is 19.5 Å². The molecule has 0 bridgehead atoms. The zero-order valence-electron chi connectivity index (χ0n) is 12.9. The Morgan fingerprint density at radius 2 is 1.90 bits per heavy atom. The Labute approximate surface area is 121 Å². The molecule has 0 spiro atoms. The fraction of sp³-hybridized carbons (Fsp3) is 0.667. The zero-order chi connectivity index (χ0) is 14.8. The fourth-order valence-corrected chi connectivity index (χ4v) is 2.00. The Hall–Kier alpha value is -1.17. The largest absolute Gasteiger partial charge is 0.495 e. The van der Waals surface area contributed by atoms with Crippen LogP contribution in [0.4, 0.5) is 0 Å². The molecule has 0 aliphatic heterocycles. The molecule has 1 atom stereocenters. The number of rotatable bonds is 10. The first-order valence-corrected chi connectivity index (χ1v) is 7.23. The fourth-order valence-electron chi connectivity index (χ4n) is 2.00. The van der Waals surface area contributed by atoms with E-state index < -0.39 is 0 Å². The summed E-state index contributed by atoms with van der Waals surface area (Å²) in [4.78, 5) is 4.44. The van der Waals surface area contributed by atoms with Crippen molar-refractivity contribution < 1.29 is 14.2 Å². The van der Waals surface area contributed by atoms with Gasteiger partial charge in [0.2, 0.25) is 0 Å². The van der Waals surface area contributed by atoms with Gasteiger partial charge >= 0.3 is 0 Å². The number of ether oxygens (including phenoxy) is 3. The van der Waals surface area contributed by atoms with E-state index in [4.69, 9.17) is 14.2 Å². The normalized spacial score (nSPS) is 12.7. The summed E-state index contributed by atoms with van der Waals surface area (Å²) in [7, 11) is 1.65. The molecule has 1 N–H and O–H groups in total. The average Bonchev–Trinajstić information content (AvgIpc) is 2.48. The second-order valence-electron chi connectivity index (χ2n) is 4.30. The Bertz CT molecular complexity index is 368. The summed E-state index contributed by atoms with van der Waals surface area (Å²) in [6.45, 7) is 8.07. The first-order valence-electron chi connectivity index (χ1n) is 7.23. The molecule has 1 aromatic rings. The van der Waals surface area contributed by atoms with Crippen molar-refractivity contribution in [3.63, 3.8) is 0 Å². The maximum absolute atomic E-state index is 5.72. The molecule has 20 heavy (non-hydrogen) atoms. The molecular formula is C15H26N2O3. The quantitative estimate of drug-likeness (QED) is 0.668. The van der Waals surface area contributed by atoms with E-state index in [0.29, 0.717) is 13.2 Å². The molecule has 0 aliphatic carbocycles. The van der Waals surface area contributed by atoms with Gasteiger partial charge in [0.1, 0.15) is 17.5 Å². The third-order valence-electron chi connectivity index (χ3n) is 2.86. The van der Waals surface area contributed by atoms with E-state index in [9.17, 15) is 0 Å². The molecule has 114 valence electrons. The number of nitrogens with zero attached hydrogens (tertiary/aromatic N) is 1. The van der Waals surface area contributed by atoms with Crippen LogP contribution in [0.1, 0.15) is 38.9 Å². The van der Waals surface area contributed by atoms with Crippen molar-refractivity contribution in [3.05, 3.63) is 24.0 Å². The Morgan fingerprint density at radius 1 is 1.20 bits per heavy atom. The molecule has 1 heterocycles. The summed E-state index contributed by atoms with van der Waals surface area (Å²) in [6.07, 6.45) is 2.41. The second kappa shape index (κ2) is 9.69. The standard InChI is InChI=1S/C15H26N2O3/c1-5-10-16-14(15(19-6-2)20-7-3)13-12(18-4)9-8-11-17-13/h8-9,11,14-16H,5-7,10H2,1-4H3. The smallest absolute Gasteiger partial charge is 0.178 e. The number of aromatic nitrogens is 1. The molecule has 0 radical (unpaired) electrons. The number of nitrogens with one attached hydrogen (secondary N) is 1. The maximum atomic E-state index is 5.72. The molecule has 1 rings (SSSR count). The van der Waals surface area contributed by atoms with Crippen LogP contribution in [0.15, 0.2) is 18.3 Å². The topological polar surface area (TPSA) is 52.6 Å². The first kappa shape index (κ1) is 16.9.